The third-order valence-electron chi connectivity index (χ3n) is 7.33. The fourth-order valence-electron chi connectivity index (χ4n) is 5.05. The molecule has 0 spiro atoms. The minimum atomic E-state index is -0.102. The lowest BCUT2D eigenvalue weighted by Gasteiger charge is -2.32. The molecule has 1 aliphatic rings. The normalized spacial score (nSPS) is 14.0. The molecule has 4 rings (SSSR count). The van der Waals surface area contributed by atoms with Crippen LogP contribution in [0.4, 0.5) is 5.69 Å². The first kappa shape index (κ1) is 28.8. The minimum Gasteiger partial charge on any atom is -0.497 e. The van der Waals surface area contributed by atoms with Gasteiger partial charge in [0.15, 0.2) is 0 Å². The first-order valence-corrected chi connectivity index (χ1v) is 13.9. The highest BCUT2D eigenvalue weighted by molar-refractivity contribution is 6.42. The Morgan fingerprint density at radius 2 is 1.77 bits per heavy atom. The average molecular weight is 566 g/mol. The quantitative estimate of drug-likeness (QED) is 0.243. The SMILES string of the molecule is COc1cccc(-c2ccc(C(CCN3CCCC3)N(C)C(=O)CN(CC#N)c3ccc(Cl)c(Cl)c3)cc2)c1. The summed E-state index contributed by atoms with van der Waals surface area (Å²) in [6.45, 7) is 3.25. The third kappa shape index (κ3) is 7.45. The van der Waals surface area contributed by atoms with E-state index in [4.69, 9.17) is 27.9 Å². The number of nitriles is 1. The molecule has 1 heterocycles. The summed E-state index contributed by atoms with van der Waals surface area (Å²) in [5.74, 6) is 0.744. The Hall–Kier alpha value is -3.24. The van der Waals surface area contributed by atoms with Gasteiger partial charge in [-0.2, -0.15) is 5.26 Å². The van der Waals surface area contributed by atoms with Crippen LogP contribution in [0.5, 0.6) is 5.75 Å². The van der Waals surface area contributed by atoms with Gasteiger partial charge in [0.2, 0.25) is 5.91 Å². The van der Waals surface area contributed by atoms with Crippen LogP contribution >= 0.6 is 23.2 Å². The van der Waals surface area contributed by atoms with Crippen LogP contribution < -0.4 is 9.64 Å². The molecule has 0 radical (unpaired) electrons. The Labute approximate surface area is 241 Å². The number of nitrogens with zero attached hydrogens (tertiary/aromatic N) is 4. The Kier molecular flexibility index (Phi) is 10.1. The van der Waals surface area contributed by atoms with Crippen LogP contribution in [0.15, 0.2) is 66.7 Å². The molecule has 1 unspecified atom stereocenters. The zero-order valence-electron chi connectivity index (χ0n) is 22.4. The van der Waals surface area contributed by atoms with Gasteiger partial charge in [-0.25, -0.2) is 0 Å². The van der Waals surface area contributed by atoms with Crippen molar-refractivity contribution in [1.29, 1.82) is 5.26 Å². The molecule has 1 fully saturated rings. The fraction of sp³-hybridized carbons (Fsp3) is 0.355. The number of halogens is 2. The Bertz CT molecular complexity index is 1300. The second-order valence-electron chi connectivity index (χ2n) is 9.82. The summed E-state index contributed by atoms with van der Waals surface area (Å²) < 4.78 is 5.38. The molecule has 8 heteroatoms. The lowest BCUT2D eigenvalue weighted by Crippen LogP contribution is -2.41. The van der Waals surface area contributed by atoms with E-state index in [1.54, 1.807) is 30.2 Å². The van der Waals surface area contributed by atoms with Crippen molar-refractivity contribution in [1.82, 2.24) is 9.80 Å². The van der Waals surface area contributed by atoms with E-state index < -0.39 is 0 Å². The molecule has 1 aliphatic heterocycles. The maximum absolute atomic E-state index is 13.6. The van der Waals surface area contributed by atoms with E-state index in [1.807, 2.05) is 30.1 Å². The van der Waals surface area contributed by atoms with Crippen molar-refractivity contribution in [3.63, 3.8) is 0 Å². The highest BCUT2D eigenvalue weighted by atomic mass is 35.5. The van der Waals surface area contributed by atoms with Gasteiger partial charge in [-0.1, -0.05) is 59.6 Å². The molecule has 0 aliphatic carbocycles. The molecule has 6 nitrogen and oxygen atoms in total. The molecule has 0 bridgehead atoms. The second kappa shape index (κ2) is 13.7. The first-order valence-electron chi connectivity index (χ1n) is 13.2. The van der Waals surface area contributed by atoms with E-state index >= 15 is 0 Å². The lowest BCUT2D eigenvalue weighted by molar-refractivity contribution is -0.130. The standard InChI is InChI=1S/C31H34Cl2N4O2/c1-35(31(38)22-37(19-15-34)26-12-13-28(32)29(33)21-26)30(14-18-36-16-3-4-17-36)24-10-8-23(9-11-24)25-6-5-7-27(20-25)39-2/h5-13,20-21,30H,3-4,14,16-19,22H2,1-2H3. The van der Waals surface area contributed by atoms with E-state index in [1.165, 1.54) is 12.8 Å². The highest BCUT2D eigenvalue weighted by Crippen LogP contribution is 2.30. The summed E-state index contributed by atoms with van der Waals surface area (Å²) in [4.78, 5) is 19.6. The zero-order chi connectivity index (χ0) is 27.8. The predicted molar refractivity (Wildman–Crippen MR) is 159 cm³/mol. The van der Waals surface area contributed by atoms with Gasteiger partial charge in [-0.15, -0.1) is 0 Å². The minimum absolute atomic E-state index is 0.0597. The van der Waals surface area contributed by atoms with Crippen LogP contribution in [0, 0.1) is 11.3 Å². The number of carbonyl (C=O) groups is 1. The number of anilines is 1. The summed E-state index contributed by atoms with van der Waals surface area (Å²) >= 11 is 12.3. The van der Waals surface area contributed by atoms with Crippen LogP contribution in [0.1, 0.15) is 30.9 Å². The molecule has 204 valence electrons. The van der Waals surface area contributed by atoms with Gasteiger partial charge < -0.3 is 19.4 Å². The second-order valence-corrected chi connectivity index (χ2v) is 10.6. The number of hydrogen-bond donors (Lipinski definition) is 0. The number of benzene rings is 3. The van der Waals surface area contributed by atoms with Crippen molar-refractivity contribution in [2.75, 3.05) is 51.8 Å². The first-order chi connectivity index (χ1) is 18.9. The van der Waals surface area contributed by atoms with E-state index in [2.05, 4.69) is 41.3 Å². The summed E-state index contributed by atoms with van der Waals surface area (Å²) in [6, 6.07) is 23.6. The largest absolute Gasteiger partial charge is 0.497 e. The molecular formula is C31H34Cl2N4O2. The molecule has 0 N–H and O–H groups in total. The van der Waals surface area contributed by atoms with Gasteiger partial charge in [0, 0.05) is 19.3 Å². The van der Waals surface area contributed by atoms with Crippen LogP contribution in [0.2, 0.25) is 10.0 Å². The number of carbonyl (C=O) groups excluding carboxylic acids is 1. The monoisotopic (exact) mass is 564 g/mol. The average Bonchev–Trinajstić information content (AvgIpc) is 3.48. The van der Waals surface area contributed by atoms with Crippen LogP contribution in [-0.4, -0.2) is 62.6 Å². The lowest BCUT2D eigenvalue weighted by atomic mass is 9.97. The molecule has 1 atom stereocenters. The smallest absolute Gasteiger partial charge is 0.242 e. The maximum atomic E-state index is 13.6. The summed E-state index contributed by atoms with van der Waals surface area (Å²) in [5, 5.41) is 10.2. The fourth-order valence-corrected chi connectivity index (χ4v) is 5.34. The molecular weight excluding hydrogens is 531 g/mol. The van der Waals surface area contributed by atoms with Gasteiger partial charge in [-0.3, -0.25) is 4.79 Å². The zero-order valence-corrected chi connectivity index (χ0v) is 24.0. The van der Waals surface area contributed by atoms with Gasteiger partial charge >= 0.3 is 0 Å². The Balaban J connectivity index is 1.55. The highest BCUT2D eigenvalue weighted by Gasteiger charge is 2.25. The molecule has 0 aromatic heterocycles. The van der Waals surface area contributed by atoms with Gasteiger partial charge in [0.25, 0.3) is 0 Å². The van der Waals surface area contributed by atoms with Crippen molar-refractivity contribution >= 4 is 34.8 Å². The summed E-state index contributed by atoms with van der Waals surface area (Å²) in [7, 11) is 3.52. The number of methoxy groups -OCH3 is 1. The van der Waals surface area contributed by atoms with Gasteiger partial charge in [0.05, 0.1) is 35.8 Å². The van der Waals surface area contributed by atoms with E-state index in [9.17, 15) is 10.1 Å². The number of rotatable bonds is 11. The number of likely N-dealkylation sites (N-methyl/N-ethyl adjacent to an activating group) is 1. The molecule has 1 saturated heterocycles. The van der Waals surface area contributed by atoms with Crippen molar-refractivity contribution in [3.05, 3.63) is 82.3 Å². The molecule has 39 heavy (non-hydrogen) atoms. The molecule has 1 amide bonds. The summed E-state index contributed by atoms with van der Waals surface area (Å²) in [5.41, 5.74) is 3.93. The maximum Gasteiger partial charge on any atom is 0.242 e. The van der Waals surface area contributed by atoms with Gasteiger partial charge in [-0.05, 0) is 79.4 Å². The number of amides is 1. The molecule has 3 aromatic rings. The topological polar surface area (TPSA) is 59.8 Å². The van der Waals surface area contributed by atoms with Crippen molar-refractivity contribution < 1.29 is 9.53 Å². The van der Waals surface area contributed by atoms with Gasteiger partial charge in [0.1, 0.15) is 12.3 Å². The Morgan fingerprint density at radius 1 is 1.03 bits per heavy atom. The predicted octanol–water partition coefficient (Wildman–Crippen LogP) is 6.68. The van der Waals surface area contributed by atoms with E-state index in [0.29, 0.717) is 15.7 Å². The Morgan fingerprint density at radius 3 is 2.44 bits per heavy atom. The molecule has 3 aromatic carbocycles. The van der Waals surface area contributed by atoms with Crippen molar-refractivity contribution in [3.8, 4) is 22.9 Å². The third-order valence-corrected chi connectivity index (χ3v) is 8.07. The summed E-state index contributed by atoms with van der Waals surface area (Å²) in [6.07, 6.45) is 3.27. The van der Waals surface area contributed by atoms with E-state index in [-0.39, 0.29) is 25.0 Å². The van der Waals surface area contributed by atoms with Crippen LogP contribution in [0.25, 0.3) is 11.1 Å². The van der Waals surface area contributed by atoms with E-state index in [0.717, 1.165) is 48.5 Å². The number of ether oxygens (including phenoxy) is 1. The van der Waals surface area contributed by atoms with Crippen molar-refractivity contribution in [2.45, 2.75) is 25.3 Å². The van der Waals surface area contributed by atoms with Crippen LogP contribution in [0.3, 0.4) is 0 Å². The number of likely N-dealkylation sites (tertiary alicyclic amines) is 1. The van der Waals surface area contributed by atoms with Crippen molar-refractivity contribution in [2.24, 2.45) is 0 Å². The number of hydrogen-bond acceptors (Lipinski definition) is 5. The van der Waals surface area contributed by atoms with Crippen LogP contribution in [-0.2, 0) is 4.79 Å². The molecule has 0 saturated carbocycles.